The Morgan fingerprint density at radius 3 is 2.74 bits per heavy atom. The van der Waals surface area contributed by atoms with Gasteiger partial charge in [-0.15, -0.1) is 0 Å². The van der Waals surface area contributed by atoms with Crippen molar-refractivity contribution in [2.75, 3.05) is 7.11 Å². The normalized spacial score (nSPS) is 23.1. The van der Waals surface area contributed by atoms with Crippen molar-refractivity contribution in [1.29, 1.82) is 0 Å². The van der Waals surface area contributed by atoms with E-state index in [-0.39, 0.29) is 17.8 Å². The zero-order valence-electron chi connectivity index (χ0n) is 11.3. The summed E-state index contributed by atoms with van der Waals surface area (Å²) in [6.45, 7) is 0. The Hall–Kier alpha value is -1.64. The van der Waals surface area contributed by atoms with E-state index < -0.39 is 0 Å². The molecule has 1 fully saturated rings. The van der Waals surface area contributed by atoms with Gasteiger partial charge in [-0.3, -0.25) is 9.59 Å². The molecule has 2 rings (SSSR count). The van der Waals surface area contributed by atoms with Crippen LogP contribution in [0.3, 0.4) is 0 Å². The van der Waals surface area contributed by atoms with E-state index in [0.717, 1.165) is 24.8 Å². The molecule has 0 unspecified atom stereocenters. The lowest BCUT2D eigenvalue weighted by Gasteiger charge is -2.29. The number of carbonyl (C=O) groups is 2. The predicted octanol–water partition coefficient (Wildman–Crippen LogP) is 2.78. The molecule has 0 spiro atoms. The first-order valence-corrected chi connectivity index (χ1v) is 6.84. The standard InChI is InChI=1S/C16H20O3/c1-19-16(18)11-13-8-5-9-15(17)14(13)10-12-6-3-2-4-7-12/h2-4,6-7,13-14H,5,8-11H2,1H3/t13-,14+/m0/s1. The van der Waals surface area contributed by atoms with Crippen LogP contribution in [-0.4, -0.2) is 18.9 Å². The number of esters is 1. The average Bonchev–Trinajstić information content (AvgIpc) is 2.43. The summed E-state index contributed by atoms with van der Waals surface area (Å²) in [5.41, 5.74) is 1.16. The molecule has 1 aromatic carbocycles. The number of rotatable bonds is 4. The number of benzene rings is 1. The largest absolute Gasteiger partial charge is 0.469 e. The maximum Gasteiger partial charge on any atom is 0.305 e. The number of methoxy groups -OCH3 is 1. The highest BCUT2D eigenvalue weighted by atomic mass is 16.5. The molecule has 0 heterocycles. The van der Waals surface area contributed by atoms with E-state index in [1.165, 1.54) is 7.11 Å². The van der Waals surface area contributed by atoms with Gasteiger partial charge in [0.05, 0.1) is 7.11 Å². The monoisotopic (exact) mass is 260 g/mol. The summed E-state index contributed by atoms with van der Waals surface area (Å²) in [5, 5.41) is 0. The Kier molecular flexibility index (Phi) is 4.72. The minimum atomic E-state index is -0.210. The van der Waals surface area contributed by atoms with Crippen molar-refractivity contribution in [1.82, 2.24) is 0 Å². The fourth-order valence-corrected chi connectivity index (χ4v) is 2.88. The zero-order chi connectivity index (χ0) is 13.7. The van der Waals surface area contributed by atoms with Gasteiger partial charge in [0, 0.05) is 18.8 Å². The first-order valence-electron chi connectivity index (χ1n) is 6.84. The third kappa shape index (κ3) is 3.66. The molecule has 2 atom stereocenters. The van der Waals surface area contributed by atoms with Gasteiger partial charge < -0.3 is 4.74 Å². The van der Waals surface area contributed by atoms with Crippen LogP contribution in [0.2, 0.25) is 0 Å². The Labute approximate surface area is 114 Å². The molecule has 1 saturated carbocycles. The number of ketones is 1. The van der Waals surface area contributed by atoms with Gasteiger partial charge in [0.25, 0.3) is 0 Å². The fourth-order valence-electron chi connectivity index (χ4n) is 2.88. The van der Waals surface area contributed by atoms with Crippen molar-refractivity contribution in [2.45, 2.75) is 32.1 Å². The van der Waals surface area contributed by atoms with Crippen molar-refractivity contribution in [2.24, 2.45) is 11.8 Å². The summed E-state index contributed by atoms with van der Waals surface area (Å²) < 4.78 is 4.74. The van der Waals surface area contributed by atoms with Crippen molar-refractivity contribution < 1.29 is 14.3 Å². The first-order chi connectivity index (χ1) is 9.20. The Balaban J connectivity index is 2.08. The molecule has 102 valence electrons. The zero-order valence-corrected chi connectivity index (χ0v) is 11.3. The Bertz CT molecular complexity index is 439. The fraction of sp³-hybridized carbons (Fsp3) is 0.500. The highest BCUT2D eigenvalue weighted by molar-refractivity contribution is 5.83. The van der Waals surface area contributed by atoms with Crippen molar-refractivity contribution in [3.8, 4) is 0 Å². The molecule has 0 aliphatic heterocycles. The molecule has 1 aliphatic rings. The van der Waals surface area contributed by atoms with Crippen LogP contribution in [0.1, 0.15) is 31.2 Å². The summed E-state index contributed by atoms with van der Waals surface area (Å²) in [6.07, 6.45) is 3.58. The molecule has 0 N–H and O–H groups in total. The second kappa shape index (κ2) is 6.50. The van der Waals surface area contributed by atoms with Crippen molar-refractivity contribution >= 4 is 11.8 Å². The van der Waals surface area contributed by atoms with Crippen LogP contribution < -0.4 is 0 Å². The van der Waals surface area contributed by atoms with Gasteiger partial charge in [-0.2, -0.15) is 0 Å². The number of Topliss-reactive ketones (excluding diaryl/α,β-unsaturated/α-hetero) is 1. The SMILES string of the molecule is COC(=O)C[C@@H]1CCCC(=O)[C@@H]1Cc1ccccc1. The van der Waals surface area contributed by atoms with Gasteiger partial charge in [-0.05, 0) is 30.7 Å². The van der Waals surface area contributed by atoms with Crippen molar-refractivity contribution in [3.63, 3.8) is 0 Å². The minimum absolute atomic E-state index is 0.0322. The van der Waals surface area contributed by atoms with E-state index in [1.54, 1.807) is 0 Å². The molecule has 0 radical (unpaired) electrons. The van der Waals surface area contributed by atoms with Crippen molar-refractivity contribution in [3.05, 3.63) is 35.9 Å². The quantitative estimate of drug-likeness (QED) is 0.782. The summed E-state index contributed by atoms with van der Waals surface area (Å²) in [6, 6.07) is 10.0. The van der Waals surface area contributed by atoms with Gasteiger partial charge >= 0.3 is 5.97 Å². The molecule has 0 saturated heterocycles. The van der Waals surface area contributed by atoms with Gasteiger partial charge in [0.1, 0.15) is 5.78 Å². The Morgan fingerprint density at radius 2 is 2.05 bits per heavy atom. The van der Waals surface area contributed by atoms with E-state index in [9.17, 15) is 9.59 Å². The molecule has 19 heavy (non-hydrogen) atoms. The van der Waals surface area contributed by atoms with E-state index in [2.05, 4.69) is 0 Å². The van der Waals surface area contributed by atoms with Crippen LogP contribution in [0.5, 0.6) is 0 Å². The smallest absolute Gasteiger partial charge is 0.305 e. The number of ether oxygens (including phenoxy) is 1. The molecule has 0 amide bonds. The first kappa shape index (κ1) is 13.8. The predicted molar refractivity (Wildman–Crippen MR) is 72.6 cm³/mol. The van der Waals surface area contributed by atoms with E-state index in [1.807, 2.05) is 30.3 Å². The molecule has 3 nitrogen and oxygen atoms in total. The molecular formula is C16H20O3. The second-order valence-electron chi connectivity index (χ2n) is 5.20. The van der Waals surface area contributed by atoms with Gasteiger partial charge in [-0.25, -0.2) is 0 Å². The van der Waals surface area contributed by atoms with E-state index in [0.29, 0.717) is 18.6 Å². The maximum absolute atomic E-state index is 12.1. The topological polar surface area (TPSA) is 43.4 Å². The molecule has 3 heteroatoms. The molecular weight excluding hydrogens is 240 g/mol. The van der Waals surface area contributed by atoms with Crippen LogP contribution in [0.4, 0.5) is 0 Å². The highest BCUT2D eigenvalue weighted by Crippen LogP contribution is 2.32. The molecule has 1 aliphatic carbocycles. The van der Waals surface area contributed by atoms with Crippen LogP contribution in [-0.2, 0) is 20.7 Å². The number of hydrogen-bond donors (Lipinski definition) is 0. The highest BCUT2D eigenvalue weighted by Gasteiger charge is 2.33. The average molecular weight is 260 g/mol. The summed E-state index contributed by atoms with van der Waals surface area (Å²) >= 11 is 0. The van der Waals surface area contributed by atoms with Crippen LogP contribution in [0.15, 0.2) is 30.3 Å². The summed E-state index contributed by atoms with van der Waals surface area (Å²) in [7, 11) is 1.40. The van der Waals surface area contributed by atoms with Gasteiger partial charge in [-0.1, -0.05) is 30.3 Å². The van der Waals surface area contributed by atoms with E-state index >= 15 is 0 Å². The third-order valence-electron chi connectivity index (χ3n) is 3.94. The second-order valence-corrected chi connectivity index (χ2v) is 5.20. The van der Waals surface area contributed by atoms with Gasteiger partial charge in [0.2, 0.25) is 0 Å². The van der Waals surface area contributed by atoms with Crippen LogP contribution >= 0.6 is 0 Å². The molecule has 1 aromatic rings. The third-order valence-corrected chi connectivity index (χ3v) is 3.94. The lowest BCUT2D eigenvalue weighted by Crippen LogP contribution is -2.32. The summed E-state index contributed by atoms with van der Waals surface area (Å²) in [4.78, 5) is 23.6. The maximum atomic E-state index is 12.1. The minimum Gasteiger partial charge on any atom is -0.469 e. The number of carbonyl (C=O) groups excluding carboxylic acids is 2. The Morgan fingerprint density at radius 1 is 1.32 bits per heavy atom. The van der Waals surface area contributed by atoms with E-state index in [4.69, 9.17) is 4.74 Å². The molecule has 0 bridgehead atoms. The van der Waals surface area contributed by atoms with Crippen LogP contribution in [0.25, 0.3) is 0 Å². The van der Waals surface area contributed by atoms with Gasteiger partial charge in [0.15, 0.2) is 0 Å². The number of hydrogen-bond acceptors (Lipinski definition) is 3. The molecule has 0 aromatic heterocycles. The van der Waals surface area contributed by atoms with Crippen LogP contribution in [0, 0.1) is 11.8 Å². The summed E-state index contributed by atoms with van der Waals surface area (Å²) in [5.74, 6) is 0.186. The lowest BCUT2D eigenvalue weighted by molar-refractivity contribution is -0.143. The lowest BCUT2D eigenvalue weighted by atomic mass is 9.74.